The third kappa shape index (κ3) is 5.43. The van der Waals surface area contributed by atoms with E-state index in [-0.39, 0.29) is 12.0 Å². The minimum absolute atomic E-state index is 0.0545. The maximum atomic E-state index is 13.1. The lowest BCUT2D eigenvalue weighted by molar-refractivity contribution is 0.0754. The largest absolute Gasteiger partial charge is 0.486 e. The molecule has 0 saturated carbocycles. The summed E-state index contributed by atoms with van der Waals surface area (Å²) < 4.78 is 6.30. The summed E-state index contributed by atoms with van der Waals surface area (Å²) in [5.74, 6) is 1.38. The van der Waals surface area contributed by atoms with E-state index in [2.05, 4.69) is 15.3 Å². The van der Waals surface area contributed by atoms with Gasteiger partial charge in [-0.25, -0.2) is 9.97 Å². The molecule has 3 aromatic rings. The molecule has 2 heterocycles. The van der Waals surface area contributed by atoms with Gasteiger partial charge >= 0.3 is 0 Å². The molecule has 8 heteroatoms. The second kappa shape index (κ2) is 10.6. The van der Waals surface area contributed by atoms with Crippen LogP contribution >= 0.6 is 11.6 Å². The highest BCUT2D eigenvalue weighted by molar-refractivity contribution is 6.31. The molecule has 1 aliphatic rings. The zero-order valence-corrected chi connectivity index (χ0v) is 19.6. The molecule has 0 spiro atoms. The number of halogens is 1. The molecule has 172 valence electrons. The fraction of sp³-hybridized carbons (Fsp3) is 0.320. The van der Waals surface area contributed by atoms with Crippen molar-refractivity contribution in [3.8, 4) is 5.75 Å². The van der Waals surface area contributed by atoms with Crippen LogP contribution in [0.4, 0.5) is 5.82 Å². The van der Waals surface area contributed by atoms with Crippen LogP contribution in [0.5, 0.6) is 5.75 Å². The molecule has 0 fully saturated rings. The minimum atomic E-state index is -0.156. The number of anilines is 1. The first-order chi connectivity index (χ1) is 16.1. The Morgan fingerprint density at radius 1 is 1.15 bits per heavy atom. The van der Waals surface area contributed by atoms with Crippen LogP contribution in [-0.4, -0.2) is 54.5 Å². The molecule has 0 bridgehead atoms. The topological polar surface area (TPSA) is 70.6 Å². The molecule has 4 rings (SSSR count). The van der Waals surface area contributed by atoms with Gasteiger partial charge in [0.05, 0.1) is 0 Å². The molecule has 1 atom stereocenters. The van der Waals surface area contributed by atoms with Crippen molar-refractivity contribution in [2.45, 2.75) is 19.1 Å². The number of carbonyl (C=O) groups is 1. The molecule has 1 amide bonds. The normalized spacial score (nSPS) is 14.6. The van der Waals surface area contributed by atoms with Gasteiger partial charge in [0.25, 0.3) is 5.91 Å². The van der Waals surface area contributed by atoms with Crippen LogP contribution in [0.2, 0.25) is 5.02 Å². The van der Waals surface area contributed by atoms with Gasteiger partial charge in [0.1, 0.15) is 29.6 Å². The third-order valence-corrected chi connectivity index (χ3v) is 6.10. The number of nitrogens with one attached hydrogen (secondary N) is 1. The first kappa shape index (κ1) is 23.0. The van der Waals surface area contributed by atoms with Crippen LogP contribution in [0.25, 0.3) is 0 Å². The molecule has 1 aliphatic heterocycles. The van der Waals surface area contributed by atoms with Crippen molar-refractivity contribution in [2.24, 2.45) is 0 Å². The fourth-order valence-corrected chi connectivity index (χ4v) is 4.18. The number of hydrogen-bond acceptors (Lipinski definition) is 6. The Morgan fingerprint density at radius 2 is 1.94 bits per heavy atom. The van der Waals surface area contributed by atoms with E-state index in [4.69, 9.17) is 16.3 Å². The average Bonchev–Trinajstić information content (AvgIpc) is 2.95. The summed E-state index contributed by atoms with van der Waals surface area (Å²) in [5, 5.41) is 3.87. The van der Waals surface area contributed by atoms with E-state index in [9.17, 15) is 4.79 Å². The lowest BCUT2D eigenvalue weighted by atomic mass is 10.1. The van der Waals surface area contributed by atoms with Gasteiger partial charge in [-0.15, -0.1) is 0 Å². The number of nitrogens with zero attached hydrogens (tertiary/aromatic N) is 4. The minimum Gasteiger partial charge on any atom is -0.486 e. The van der Waals surface area contributed by atoms with E-state index in [1.165, 1.54) is 6.33 Å². The van der Waals surface area contributed by atoms with Crippen LogP contribution in [0, 0.1) is 0 Å². The highest BCUT2D eigenvalue weighted by atomic mass is 35.5. The number of aromatic nitrogens is 2. The van der Waals surface area contributed by atoms with Gasteiger partial charge < -0.3 is 19.9 Å². The SMILES string of the molecule is CNCCC(Oc1ccc(CN2CCN(C)c3ncncc3C2=O)cc1)c1ccccc1Cl. The third-order valence-electron chi connectivity index (χ3n) is 5.76. The number of rotatable bonds is 8. The second-order valence-electron chi connectivity index (χ2n) is 8.07. The van der Waals surface area contributed by atoms with E-state index in [1.54, 1.807) is 6.20 Å². The molecule has 0 radical (unpaired) electrons. The Hall–Kier alpha value is -3.16. The van der Waals surface area contributed by atoms with Crippen LogP contribution in [0.3, 0.4) is 0 Å². The van der Waals surface area contributed by atoms with Crippen LogP contribution in [0.15, 0.2) is 61.1 Å². The summed E-state index contributed by atoms with van der Waals surface area (Å²) >= 11 is 6.42. The molecule has 0 aliphatic carbocycles. The van der Waals surface area contributed by atoms with Crippen molar-refractivity contribution in [2.75, 3.05) is 38.6 Å². The van der Waals surface area contributed by atoms with Crippen molar-refractivity contribution < 1.29 is 9.53 Å². The molecule has 0 saturated heterocycles. The van der Waals surface area contributed by atoms with Gasteiger partial charge in [-0.1, -0.05) is 41.9 Å². The van der Waals surface area contributed by atoms with Crippen LogP contribution in [0.1, 0.15) is 34.0 Å². The van der Waals surface area contributed by atoms with Crippen molar-refractivity contribution in [1.29, 1.82) is 0 Å². The Morgan fingerprint density at radius 3 is 2.70 bits per heavy atom. The molecule has 33 heavy (non-hydrogen) atoms. The molecule has 2 aromatic carbocycles. The summed E-state index contributed by atoms with van der Waals surface area (Å²) in [4.78, 5) is 25.2. The number of carbonyl (C=O) groups excluding carboxylic acids is 1. The number of amides is 1. The first-order valence-electron chi connectivity index (χ1n) is 11.0. The van der Waals surface area contributed by atoms with E-state index in [0.29, 0.717) is 36.0 Å². The standard InChI is InChI=1S/C25H28ClN5O2/c1-27-12-11-23(20-5-3-4-6-22(20)26)33-19-9-7-18(8-10-19)16-31-14-13-30(2)24-21(25(31)32)15-28-17-29-24/h3-10,15,17,23,27H,11-14,16H2,1-2H3. The predicted octanol–water partition coefficient (Wildman–Crippen LogP) is 3.95. The lowest BCUT2D eigenvalue weighted by Crippen LogP contribution is -2.33. The molecular formula is C25H28ClN5O2. The van der Waals surface area contributed by atoms with Gasteiger partial charge in [-0.2, -0.15) is 0 Å². The van der Waals surface area contributed by atoms with Gasteiger partial charge in [0.15, 0.2) is 0 Å². The summed E-state index contributed by atoms with van der Waals surface area (Å²) in [6.45, 7) is 2.64. The molecule has 1 unspecified atom stereocenters. The first-order valence-corrected chi connectivity index (χ1v) is 11.4. The number of hydrogen-bond donors (Lipinski definition) is 1. The number of likely N-dealkylation sites (N-methyl/N-ethyl adjacent to an activating group) is 1. The highest BCUT2D eigenvalue weighted by Gasteiger charge is 2.26. The quantitative estimate of drug-likeness (QED) is 0.543. The van der Waals surface area contributed by atoms with Crippen molar-refractivity contribution in [3.63, 3.8) is 0 Å². The average molecular weight is 466 g/mol. The Bertz CT molecular complexity index is 1090. The van der Waals surface area contributed by atoms with Gasteiger partial charge in [-0.3, -0.25) is 4.79 Å². The summed E-state index contributed by atoms with van der Waals surface area (Å²) in [5.41, 5.74) is 2.53. The predicted molar refractivity (Wildman–Crippen MR) is 130 cm³/mol. The van der Waals surface area contributed by atoms with E-state index < -0.39 is 0 Å². The molecular weight excluding hydrogens is 438 g/mol. The van der Waals surface area contributed by atoms with Gasteiger partial charge in [0, 0.05) is 49.9 Å². The fourth-order valence-electron chi connectivity index (χ4n) is 3.93. The summed E-state index contributed by atoms with van der Waals surface area (Å²) in [6.07, 6.45) is 3.70. The van der Waals surface area contributed by atoms with Gasteiger partial charge in [-0.05, 0) is 37.4 Å². The number of ether oxygens (including phenoxy) is 1. The van der Waals surface area contributed by atoms with E-state index >= 15 is 0 Å². The Labute approximate surface area is 199 Å². The smallest absolute Gasteiger partial charge is 0.259 e. The van der Waals surface area contributed by atoms with Crippen LogP contribution < -0.4 is 15.0 Å². The molecule has 7 nitrogen and oxygen atoms in total. The zero-order chi connectivity index (χ0) is 23.2. The van der Waals surface area contributed by atoms with Crippen molar-refractivity contribution in [3.05, 3.63) is 82.8 Å². The maximum Gasteiger partial charge on any atom is 0.259 e. The van der Waals surface area contributed by atoms with E-state index in [0.717, 1.165) is 29.8 Å². The second-order valence-corrected chi connectivity index (χ2v) is 8.48. The lowest BCUT2D eigenvalue weighted by Gasteiger charge is -2.22. The summed E-state index contributed by atoms with van der Waals surface area (Å²) in [6, 6.07) is 15.7. The number of benzene rings is 2. The monoisotopic (exact) mass is 465 g/mol. The molecule has 1 N–H and O–H groups in total. The Balaban J connectivity index is 1.47. The van der Waals surface area contributed by atoms with Crippen LogP contribution in [-0.2, 0) is 6.54 Å². The molecule has 1 aromatic heterocycles. The highest BCUT2D eigenvalue weighted by Crippen LogP contribution is 2.30. The van der Waals surface area contributed by atoms with Crippen molar-refractivity contribution >= 4 is 23.3 Å². The summed E-state index contributed by atoms with van der Waals surface area (Å²) in [7, 11) is 3.86. The number of fused-ring (bicyclic) bond motifs is 1. The zero-order valence-electron chi connectivity index (χ0n) is 18.9. The Kier molecular flexibility index (Phi) is 7.42. The van der Waals surface area contributed by atoms with Gasteiger partial charge in [0.2, 0.25) is 0 Å². The maximum absolute atomic E-state index is 13.1. The van der Waals surface area contributed by atoms with E-state index in [1.807, 2.05) is 72.4 Å². The van der Waals surface area contributed by atoms with Crippen molar-refractivity contribution in [1.82, 2.24) is 20.2 Å².